The zero-order valence-electron chi connectivity index (χ0n) is 13.1. The molecule has 0 saturated heterocycles. The maximum Gasteiger partial charge on any atom is 0.255 e. The van der Waals surface area contributed by atoms with Crippen LogP contribution in [0.2, 0.25) is 0 Å². The van der Waals surface area contributed by atoms with Gasteiger partial charge in [-0.15, -0.1) is 0 Å². The summed E-state index contributed by atoms with van der Waals surface area (Å²) in [5.74, 6) is 0.781. The summed E-state index contributed by atoms with van der Waals surface area (Å²) in [6, 6.07) is 9.89. The number of benzene rings is 1. The summed E-state index contributed by atoms with van der Waals surface area (Å²) in [5, 5.41) is 3.03. The van der Waals surface area contributed by atoms with Crippen LogP contribution in [0.15, 0.2) is 35.1 Å². The van der Waals surface area contributed by atoms with Crippen LogP contribution in [0, 0.1) is 6.92 Å². The van der Waals surface area contributed by atoms with Gasteiger partial charge in [-0.25, -0.2) is 0 Å². The molecule has 1 aromatic carbocycles. The molecule has 0 atom stereocenters. The van der Waals surface area contributed by atoms with Gasteiger partial charge in [-0.3, -0.25) is 4.79 Å². The van der Waals surface area contributed by atoms with Crippen LogP contribution in [0.1, 0.15) is 18.1 Å². The fourth-order valence-electron chi connectivity index (χ4n) is 2.52. The fraction of sp³-hybridized carbons (Fsp3) is 0.353. The molecule has 0 amide bonds. The first-order chi connectivity index (χ1) is 10.1. The van der Waals surface area contributed by atoms with E-state index in [9.17, 15) is 4.79 Å². The molecule has 2 aromatic rings. The maximum atomic E-state index is 12.6. The fourth-order valence-corrected chi connectivity index (χ4v) is 2.52. The molecule has 21 heavy (non-hydrogen) atoms. The molecule has 0 bridgehead atoms. The van der Waals surface area contributed by atoms with Crippen molar-refractivity contribution in [2.24, 2.45) is 0 Å². The Labute approximate surface area is 125 Å². The highest BCUT2D eigenvalue weighted by molar-refractivity contribution is 5.68. The molecule has 0 unspecified atom stereocenters. The van der Waals surface area contributed by atoms with Gasteiger partial charge >= 0.3 is 0 Å². The second-order valence-electron chi connectivity index (χ2n) is 5.03. The molecule has 0 aliphatic carbocycles. The molecule has 2 rings (SSSR count). The molecule has 0 aliphatic rings. The molecule has 0 aliphatic heterocycles. The van der Waals surface area contributed by atoms with Crippen LogP contribution in [0.25, 0.3) is 11.3 Å². The van der Waals surface area contributed by atoms with Crippen molar-refractivity contribution in [3.05, 3.63) is 51.8 Å². The molecule has 0 radical (unpaired) electrons. The number of pyridine rings is 1. The average molecular weight is 286 g/mol. The Morgan fingerprint density at radius 1 is 1.24 bits per heavy atom. The van der Waals surface area contributed by atoms with Gasteiger partial charge in [-0.05, 0) is 39.1 Å². The van der Waals surface area contributed by atoms with Gasteiger partial charge in [-0.2, -0.15) is 0 Å². The minimum absolute atomic E-state index is 0.0490. The van der Waals surface area contributed by atoms with Gasteiger partial charge in [-0.1, -0.05) is 17.7 Å². The number of hydrogen-bond acceptors (Lipinski definition) is 3. The molecular formula is C17H22N2O2. The molecule has 112 valence electrons. The quantitative estimate of drug-likeness (QED) is 0.918. The Balaban J connectivity index is 2.67. The van der Waals surface area contributed by atoms with Crippen LogP contribution >= 0.6 is 0 Å². The number of methoxy groups -OCH3 is 1. The first kappa shape index (κ1) is 15.3. The Morgan fingerprint density at radius 2 is 2.00 bits per heavy atom. The van der Waals surface area contributed by atoms with Gasteiger partial charge in [0.1, 0.15) is 5.75 Å². The molecule has 1 aromatic heterocycles. The van der Waals surface area contributed by atoms with Gasteiger partial charge in [0.2, 0.25) is 0 Å². The number of aryl methyl sites for hydroxylation is 1. The van der Waals surface area contributed by atoms with E-state index in [1.165, 1.54) is 0 Å². The van der Waals surface area contributed by atoms with E-state index in [1.54, 1.807) is 11.7 Å². The van der Waals surface area contributed by atoms with Crippen LogP contribution in [-0.2, 0) is 13.1 Å². The van der Waals surface area contributed by atoms with Crippen molar-refractivity contribution >= 4 is 0 Å². The molecule has 1 N–H and O–H groups in total. The standard InChI is InChI=1S/C17H22N2O2/c1-5-19-15(8-7-13(11-18-3)17(19)20)14-10-12(2)6-9-16(14)21-4/h6-10,18H,5,11H2,1-4H3. The second kappa shape index (κ2) is 6.59. The predicted molar refractivity (Wildman–Crippen MR) is 85.9 cm³/mol. The highest BCUT2D eigenvalue weighted by Crippen LogP contribution is 2.30. The van der Waals surface area contributed by atoms with Gasteiger partial charge < -0.3 is 14.6 Å². The van der Waals surface area contributed by atoms with Crippen LogP contribution in [0.4, 0.5) is 0 Å². The van der Waals surface area contributed by atoms with Crippen molar-refractivity contribution in [3.63, 3.8) is 0 Å². The van der Waals surface area contributed by atoms with Gasteiger partial charge in [0.05, 0.1) is 12.8 Å². The molecule has 4 nitrogen and oxygen atoms in total. The molecule has 4 heteroatoms. The third-order valence-electron chi connectivity index (χ3n) is 3.57. The van der Waals surface area contributed by atoms with Crippen molar-refractivity contribution in [1.82, 2.24) is 9.88 Å². The number of nitrogens with one attached hydrogen (secondary N) is 1. The van der Waals surface area contributed by atoms with E-state index in [1.807, 2.05) is 45.2 Å². The summed E-state index contributed by atoms with van der Waals surface area (Å²) >= 11 is 0. The largest absolute Gasteiger partial charge is 0.496 e. The summed E-state index contributed by atoms with van der Waals surface area (Å²) in [6.45, 7) is 5.22. The van der Waals surface area contributed by atoms with Crippen molar-refractivity contribution in [1.29, 1.82) is 0 Å². The summed E-state index contributed by atoms with van der Waals surface area (Å²) in [5.41, 5.74) is 3.80. The zero-order valence-corrected chi connectivity index (χ0v) is 13.1. The average Bonchev–Trinajstić information content (AvgIpc) is 2.49. The highest BCUT2D eigenvalue weighted by Gasteiger charge is 2.13. The third kappa shape index (κ3) is 3.00. The van der Waals surface area contributed by atoms with Crippen molar-refractivity contribution in [3.8, 4) is 17.0 Å². The summed E-state index contributed by atoms with van der Waals surface area (Å²) in [4.78, 5) is 12.6. The van der Waals surface area contributed by atoms with Crippen LogP contribution in [0.5, 0.6) is 5.75 Å². The second-order valence-corrected chi connectivity index (χ2v) is 5.03. The summed E-state index contributed by atoms with van der Waals surface area (Å²) in [6.07, 6.45) is 0. The molecule has 0 spiro atoms. The van der Waals surface area contributed by atoms with Crippen LogP contribution < -0.4 is 15.6 Å². The lowest BCUT2D eigenvalue weighted by molar-refractivity contribution is 0.416. The van der Waals surface area contributed by atoms with Crippen molar-refractivity contribution in [2.45, 2.75) is 26.9 Å². The van der Waals surface area contributed by atoms with Crippen molar-refractivity contribution in [2.75, 3.05) is 14.2 Å². The lowest BCUT2D eigenvalue weighted by atomic mass is 10.1. The maximum absolute atomic E-state index is 12.6. The number of rotatable bonds is 5. The predicted octanol–water partition coefficient (Wildman–Crippen LogP) is 2.57. The number of nitrogens with zero attached hydrogens (tertiary/aromatic N) is 1. The monoisotopic (exact) mass is 286 g/mol. The van der Waals surface area contributed by atoms with Gasteiger partial charge in [0, 0.05) is 24.2 Å². The lowest BCUT2D eigenvalue weighted by Crippen LogP contribution is -2.26. The molecule has 0 saturated carbocycles. The number of hydrogen-bond donors (Lipinski definition) is 1. The summed E-state index contributed by atoms with van der Waals surface area (Å²) in [7, 11) is 3.49. The normalized spacial score (nSPS) is 10.7. The lowest BCUT2D eigenvalue weighted by Gasteiger charge is -2.16. The summed E-state index contributed by atoms with van der Waals surface area (Å²) < 4.78 is 7.24. The van der Waals surface area contributed by atoms with Crippen LogP contribution in [0.3, 0.4) is 0 Å². The third-order valence-corrected chi connectivity index (χ3v) is 3.57. The van der Waals surface area contributed by atoms with Crippen molar-refractivity contribution < 1.29 is 4.74 Å². The van der Waals surface area contributed by atoms with E-state index in [2.05, 4.69) is 11.4 Å². The Morgan fingerprint density at radius 3 is 2.62 bits per heavy atom. The smallest absolute Gasteiger partial charge is 0.255 e. The van der Waals surface area contributed by atoms with E-state index >= 15 is 0 Å². The molecule has 1 heterocycles. The Hall–Kier alpha value is -2.07. The number of ether oxygens (including phenoxy) is 1. The van der Waals surface area contributed by atoms with E-state index in [0.717, 1.165) is 28.1 Å². The first-order valence-corrected chi connectivity index (χ1v) is 7.14. The Bertz CT molecular complexity index is 690. The first-order valence-electron chi connectivity index (χ1n) is 7.14. The topological polar surface area (TPSA) is 43.3 Å². The van der Waals surface area contributed by atoms with Crippen LogP contribution in [-0.4, -0.2) is 18.7 Å². The number of aromatic nitrogens is 1. The van der Waals surface area contributed by atoms with Gasteiger partial charge in [0.15, 0.2) is 0 Å². The van der Waals surface area contributed by atoms with Gasteiger partial charge in [0.25, 0.3) is 5.56 Å². The minimum atomic E-state index is 0.0490. The van der Waals surface area contributed by atoms with E-state index < -0.39 is 0 Å². The highest BCUT2D eigenvalue weighted by atomic mass is 16.5. The Kier molecular flexibility index (Phi) is 4.81. The SMILES string of the molecule is CCn1c(-c2cc(C)ccc2OC)ccc(CNC)c1=O. The minimum Gasteiger partial charge on any atom is -0.496 e. The molecular weight excluding hydrogens is 264 g/mol. The van der Waals surface area contributed by atoms with E-state index in [0.29, 0.717) is 13.1 Å². The zero-order chi connectivity index (χ0) is 15.4. The molecule has 0 fully saturated rings. The van der Waals surface area contributed by atoms with E-state index in [-0.39, 0.29) is 5.56 Å². The van der Waals surface area contributed by atoms with E-state index in [4.69, 9.17) is 4.74 Å².